The quantitative estimate of drug-likeness (QED) is 0.802. The number of sulfonamides is 1. The average Bonchev–Trinajstić information content (AvgIpc) is 2.31. The van der Waals surface area contributed by atoms with Gasteiger partial charge in [-0.25, -0.2) is 26.0 Å². The van der Waals surface area contributed by atoms with Crippen LogP contribution < -0.4 is 5.73 Å². The fraction of sp³-hybridized carbons (Fsp3) is 0.400. The average molecular weight is 300 g/mol. The van der Waals surface area contributed by atoms with Gasteiger partial charge in [0.1, 0.15) is 16.5 Å². The molecule has 2 N–H and O–H groups in total. The van der Waals surface area contributed by atoms with Crippen molar-refractivity contribution >= 4 is 10.0 Å². The van der Waals surface area contributed by atoms with Crippen molar-refractivity contribution in [2.24, 2.45) is 5.73 Å². The third kappa shape index (κ3) is 3.88. The normalized spacial score (nSPS) is 12.4. The Bertz CT molecular complexity index is 536. The van der Waals surface area contributed by atoms with E-state index < -0.39 is 46.1 Å². The van der Waals surface area contributed by atoms with E-state index in [-0.39, 0.29) is 6.54 Å². The Kier molecular flexibility index (Phi) is 5.27. The monoisotopic (exact) mass is 300 g/mol. The first-order valence-electron chi connectivity index (χ1n) is 5.22. The van der Waals surface area contributed by atoms with Gasteiger partial charge in [-0.2, -0.15) is 4.31 Å². The van der Waals surface area contributed by atoms with Gasteiger partial charge in [-0.1, -0.05) is 0 Å². The zero-order valence-corrected chi connectivity index (χ0v) is 10.5. The minimum atomic E-state index is -4.55. The molecule has 1 aromatic rings. The summed E-state index contributed by atoms with van der Waals surface area (Å²) in [6.07, 6.45) is -2.95. The second-order valence-electron chi connectivity index (χ2n) is 3.62. The van der Waals surface area contributed by atoms with Gasteiger partial charge in [0.25, 0.3) is 6.43 Å². The molecule has 0 amide bonds. The molecule has 4 nitrogen and oxygen atoms in total. The van der Waals surface area contributed by atoms with E-state index in [0.717, 1.165) is 6.07 Å². The van der Waals surface area contributed by atoms with Crippen molar-refractivity contribution in [1.29, 1.82) is 0 Å². The van der Waals surface area contributed by atoms with Crippen molar-refractivity contribution in [3.05, 3.63) is 29.8 Å². The predicted molar refractivity (Wildman–Crippen MR) is 60.2 cm³/mol. The number of rotatable bonds is 6. The molecule has 0 bridgehead atoms. The van der Waals surface area contributed by atoms with Gasteiger partial charge in [-0.3, -0.25) is 0 Å². The maximum atomic E-state index is 13.4. The van der Waals surface area contributed by atoms with E-state index in [9.17, 15) is 26.0 Å². The van der Waals surface area contributed by atoms with Crippen LogP contribution in [0.1, 0.15) is 0 Å². The summed E-state index contributed by atoms with van der Waals surface area (Å²) >= 11 is 0. The minimum Gasteiger partial charge on any atom is -0.329 e. The van der Waals surface area contributed by atoms with Gasteiger partial charge in [0.15, 0.2) is 0 Å². The van der Waals surface area contributed by atoms with Crippen LogP contribution in [0.5, 0.6) is 0 Å². The molecule has 0 spiro atoms. The van der Waals surface area contributed by atoms with Crippen molar-refractivity contribution in [3.63, 3.8) is 0 Å². The summed E-state index contributed by atoms with van der Waals surface area (Å²) in [7, 11) is -4.55. The smallest absolute Gasteiger partial charge is 0.252 e. The molecule has 0 radical (unpaired) electrons. The fourth-order valence-electron chi connectivity index (χ4n) is 1.42. The molecule has 108 valence electrons. The highest BCUT2D eigenvalue weighted by Crippen LogP contribution is 2.21. The van der Waals surface area contributed by atoms with Crippen molar-refractivity contribution in [2.45, 2.75) is 11.3 Å². The van der Waals surface area contributed by atoms with E-state index in [0.29, 0.717) is 16.4 Å². The third-order valence-electron chi connectivity index (χ3n) is 2.23. The summed E-state index contributed by atoms with van der Waals surface area (Å²) in [5.41, 5.74) is 5.13. The lowest BCUT2D eigenvalue weighted by molar-refractivity contribution is 0.120. The van der Waals surface area contributed by atoms with Crippen LogP contribution in [0.4, 0.5) is 17.6 Å². The van der Waals surface area contributed by atoms with Gasteiger partial charge in [0.2, 0.25) is 10.0 Å². The van der Waals surface area contributed by atoms with Crippen molar-refractivity contribution < 1.29 is 26.0 Å². The fourth-order valence-corrected chi connectivity index (χ4v) is 2.93. The van der Waals surface area contributed by atoms with Crippen LogP contribution in [-0.4, -0.2) is 38.8 Å². The summed E-state index contributed by atoms with van der Waals surface area (Å²) in [5.74, 6) is -2.19. The Morgan fingerprint density at radius 1 is 1.26 bits per heavy atom. The lowest BCUT2D eigenvalue weighted by Gasteiger charge is -2.21. The van der Waals surface area contributed by atoms with Gasteiger partial charge in [-0.05, 0) is 18.2 Å². The van der Waals surface area contributed by atoms with Gasteiger partial charge < -0.3 is 5.73 Å². The van der Waals surface area contributed by atoms with Crippen LogP contribution in [-0.2, 0) is 10.0 Å². The van der Waals surface area contributed by atoms with E-state index in [1.54, 1.807) is 0 Å². The summed E-state index contributed by atoms with van der Waals surface area (Å²) < 4.78 is 75.3. The predicted octanol–water partition coefficient (Wildman–Crippen LogP) is 1.18. The molecule has 0 aliphatic heterocycles. The zero-order chi connectivity index (χ0) is 14.6. The molecule has 0 saturated heterocycles. The van der Waals surface area contributed by atoms with Crippen molar-refractivity contribution in [1.82, 2.24) is 4.31 Å². The highest BCUT2D eigenvalue weighted by Gasteiger charge is 2.29. The third-order valence-corrected chi connectivity index (χ3v) is 4.11. The molecule has 0 aliphatic carbocycles. The van der Waals surface area contributed by atoms with Crippen LogP contribution in [0, 0.1) is 11.6 Å². The second kappa shape index (κ2) is 6.31. The Morgan fingerprint density at radius 2 is 1.89 bits per heavy atom. The molecule has 0 heterocycles. The molecule has 0 fully saturated rings. The molecule has 0 unspecified atom stereocenters. The minimum absolute atomic E-state index is 0.219. The number of alkyl halides is 2. The van der Waals surface area contributed by atoms with Crippen LogP contribution in [0.2, 0.25) is 0 Å². The van der Waals surface area contributed by atoms with Gasteiger partial charge in [-0.15, -0.1) is 0 Å². The van der Waals surface area contributed by atoms with Gasteiger partial charge in [0.05, 0.1) is 6.54 Å². The summed E-state index contributed by atoms with van der Waals surface area (Å²) in [6.45, 7) is -1.76. The van der Waals surface area contributed by atoms with Crippen LogP contribution in [0.25, 0.3) is 0 Å². The highest BCUT2D eigenvalue weighted by molar-refractivity contribution is 7.89. The van der Waals surface area contributed by atoms with Gasteiger partial charge in [0, 0.05) is 13.1 Å². The van der Waals surface area contributed by atoms with E-state index in [4.69, 9.17) is 5.73 Å². The van der Waals surface area contributed by atoms with Crippen molar-refractivity contribution in [2.75, 3.05) is 19.6 Å². The Hall–Kier alpha value is -1.19. The number of hydrogen-bond donors (Lipinski definition) is 1. The first-order chi connectivity index (χ1) is 8.78. The molecule has 0 atom stereocenters. The van der Waals surface area contributed by atoms with E-state index in [1.165, 1.54) is 0 Å². The van der Waals surface area contributed by atoms with Crippen LogP contribution in [0.15, 0.2) is 23.1 Å². The number of nitrogens with zero attached hydrogens (tertiary/aromatic N) is 1. The molecule has 1 aromatic carbocycles. The van der Waals surface area contributed by atoms with E-state index >= 15 is 0 Å². The van der Waals surface area contributed by atoms with Crippen LogP contribution in [0.3, 0.4) is 0 Å². The Balaban J connectivity index is 3.22. The molecular weight excluding hydrogens is 288 g/mol. The summed E-state index contributed by atoms with van der Waals surface area (Å²) in [6, 6.07) is 1.79. The number of halogens is 4. The van der Waals surface area contributed by atoms with E-state index in [1.807, 2.05) is 0 Å². The number of hydrogen-bond acceptors (Lipinski definition) is 3. The molecule has 0 aromatic heterocycles. The largest absolute Gasteiger partial charge is 0.329 e. The maximum absolute atomic E-state index is 13.4. The van der Waals surface area contributed by atoms with Crippen molar-refractivity contribution in [3.8, 4) is 0 Å². The SMILES string of the molecule is NCCN(CC(F)F)S(=O)(=O)c1cc(F)ccc1F. The number of nitrogens with two attached hydrogens (primary N) is 1. The molecule has 9 heteroatoms. The molecule has 0 saturated carbocycles. The lowest BCUT2D eigenvalue weighted by Crippen LogP contribution is -2.39. The topological polar surface area (TPSA) is 63.4 Å². The first kappa shape index (κ1) is 15.9. The zero-order valence-electron chi connectivity index (χ0n) is 9.69. The van der Waals surface area contributed by atoms with Crippen LogP contribution >= 0.6 is 0 Å². The Morgan fingerprint density at radius 3 is 2.42 bits per heavy atom. The maximum Gasteiger partial charge on any atom is 0.252 e. The molecule has 19 heavy (non-hydrogen) atoms. The lowest BCUT2D eigenvalue weighted by atomic mass is 10.3. The first-order valence-corrected chi connectivity index (χ1v) is 6.66. The summed E-state index contributed by atoms with van der Waals surface area (Å²) in [5, 5.41) is 0. The molecular formula is C10H12F4N2O2S. The van der Waals surface area contributed by atoms with E-state index in [2.05, 4.69) is 0 Å². The Labute approximate surface area is 107 Å². The molecule has 1 rings (SSSR count). The highest BCUT2D eigenvalue weighted by atomic mass is 32.2. The molecule has 0 aliphatic rings. The standard InChI is InChI=1S/C10H12F4N2O2S/c11-7-1-2-8(12)9(5-7)19(17,18)16(4-3-15)6-10(13)14/h1-2,5,10H,3-4,6,15H2. The number of benzene rings is 1. The second-order valence-corrected chi connectivity index (χ2v) is 5.52. The van der Waals surface area contributed by atoms with Gasteiger partial charge >= 0.3 is 0 Å². The summed E-state index contributed by atoms with van der Waals surface area (Å²) in [4.78, 5) is -0.985.